The average molecular weight is 243 g/mol. The van der Waals surface area contributed by atoms with Gasteiger partial charge >= 0.3 is 0 Å². The first-order chi connectivity index (χ1) is 8.29. The van der Waals surface area contributed by atoms with Gasteiger partial charge < -0.3 is 5.32 Å². The minimum Gasteiger partial charge on any atom is -0.381 e. The average Bonchev–Trinajstić information content (AvgIpc) is 2.38. The lowest BCUT2D eigenvalue weighted by Crippen LogP contribution is -2.00. The summed E-state index contributed by atoms with van der Waals surface area (Å²) in [5.74, 6) is 0. The van der Waals surface area contributed by atoms with Gasteiger partial charge in [0, 0.05) is 17.1 Å². The van der Waals surface area contributed by atoms with Crippen LogP contribution in [-0.4, -0.2) is 6.26 Å². The van der Waals surface area contributed by atoms with Gasteiger partial charge in [-0.15, -0.1) is 11.8 Å². The lowest BCUT2D eigenvalue weighted by molar-refractivity contribution is 1.12. The molecule has 1 nitrogen and oxygen atoms in total. The van der Waals surface area contributed by atoms with Gasteiger partial charge in [0.25, 0.3) is 0 Å². The number of anilines is 1. The Morgan fingerprint density at radius 3 is 2.65 bits per heavy atom. The molecule has 0 saturated carbocycles. The highest BCUT2D eigenvalue weighted by Gasteiger charge is 1.98. The highest BCUT2D eigenvalue weighted by Crippen LogP contribution is 2.19. The summed E-state index contributed by atoms with van der Waals surface area (Å²) in [7, 11) is 0. The lowest BCUT2D eigenvalue weighted by atomic mass is 10.1. The van der Waals surface area contributed by atoms with Crippen LogP contribution in [0.1, 0.15) is 11.1 Å². The topological polar surface area (TPSA) is 12.0 Å². The predicted molar refractivity (Wildman–Crippen MR) is 76.7 cm³/mol. The van der Waals surface area contributed by atoms with E-state index in [4.69, 9.17) is 0 Å². The van der Waals surface area contributed by atoms with Crippen LogP contribution in [0.5, 0.6) is 0 Å². The van der Waals surface area contributed by atoms with E-state index in [1.54, 1.807) is 11.8 Å². The van der Waals surface area contributed by atoms with Gasteiger partial charge in [-0.3, -0.25) is 0 Å². The van der Waals surface area contributed by atoms with E-state index in [2.05, 4.69) is 67.0 Å². The molecule has 0 atom stereocenters. The Bertz CT molecular complexity index is 494. The molecule has 0 aliphatic heterocycles. The molecule has 17 heavy (non-hydrogen) atoms. The van der Waals surface area contributed by atoms with E-state index in [-0.39, 0.29) is 0 Å². The van der Waals surface area contributed by atoms with Gasteiger partial charge in [-0.05, 0) is 42.5 Å². The van der Waals surface area contributed by atoms with Gasteiger partial charge in [0.05, 0.1) is 0 Å². The first kappa shape index (κ1) is 12.1. The summed E-state index contributed by atoms with van der Waals surface area (Å²) >= 11 is 1.77. The van der Waals surface area contributed by atoms with E-state index < -0.39 is 0 Å². The van der Waals surface area contributed by atoms with Crippen molar-refractivity contribution in [3.63, 3.8) is 0 Å². The summed E-state index contributed by atoms with van der Waals surface area (Å²) in [4.78, 5) is 1.29. The van der Waals surface area contributed by atoms with Gasteiger partial charge in [0.1, 0.15) is 0 Å². The summed E-state index contributed by atoms with van der Waals surface area (Å²) < 4.78 is 0. The second-order valence-electron chi connectivity index (χ2n) is 4.01. The Morgan fingerprint density at radius 1 is 1.06 bits per heavy atom. The normalized spacial score (nSPS) is 10.2. The van der Waals surface area contributed by atoms with Crippen molar-refractivity contribution in [3.8, 4) is 0 Å². The van der Waals surface area contributed by atoms with Crippen LogP contribution in [0, 0.1) is 6.92 Å². The molecule has 2 aromatic carbocycles. The van der Waals surface area contributed by atoms with E-state index in [1.165, 1.54) is 21.7 Å². The van der Waals surface area contributed by atoms with Crippen LogP contribution in [0.25, 0.3) is 0 Å². The van der Waals surface area contributed by atoms with Gasteiger partial charge in [0.2, 0.25) is 0 Å². The van der Waals surface area contributed by atoms with Gasteiger partial charge in [-0.1, -0.05) is 30.3 Å². The zero-order valence-electron chi connectivity index (χ0n) is 10.2. The zero-order chi connectivity index (χ0) is 12.1. The Balaban J connectivity index is 2.05. The SMILES string of the molecule is CSc1cccc(NCc2ccccc2C)c1. The Labute approximate surface area is 107 Å². The molecule has 0 aromatic heterocycles. The smallest absolute Gasteiger partial charge is 0.0403 e. The monoisotopic (exact) mass is 243 g/mol. The third kappa shape index (κ3) is 3.27. The van der Waals surface area contributed by atoms with Crippen LogP contribution in [0.3, 0.4) is 0 Å². The molecule has 0 fully saturated rings. The summed E-state index contributed by atoms with van der Waals surface area (Å²) in [6.07, 6.45) is 2.10. The molecule has 0 aliphatic carbocycles. The molecule has 1 N–H and O–H groups in total. The molecule has 0 bridgehead atoms. The van der Waals surface area contributed by atoms with Gasteiger partial charge in [-0.25, -0.2) is 0 Å². The fourth-order valence-electron chi connectivity index (χ4n) is 1.74. The third-order valence-corrected chi connectivity index (χ3v) is 3.54. The molecule has 2 rings (SSSR count). The molecule has 0 unspecified atom stereocenters. The maximum absolute atomic E-state index is 3.46. The molecule has 0 saturated heterocycles. The quantitative estimate of drug-likeness (QED) is 0.802. The lowest BCUT2D eigenvalue weighted by Gasteiger charge is -2.09. The molecule has 0 radical (unpaired) electrons. The minimum absolute atomic E-state index is 0.879. The Kier molecular flexibility index (Phi) is 4.10. The minimum atomic E-state index is 0.879. The van der Waals surface area contributed by atoms with E-state index in [0.29, 0.717) is 0 Å². The second kappa shape index (κ2) is 5.78. The molecular weight excluding hydrogens is 226 g/mol. The standard InChI is InChI=1S/C15H17NS/c1-12-6-3-4-7-13(12)11-16-14-8-5-9-15(10-14)17-2/h3-10,16H,11H2,1-2H3. The summed E-state index contributed by atoms with van der Waals surface area (Å²) in [6.45, 7) is 3.03. The number of rotatable bonds is 4. The first-order valence-corrected chi connectivity index (χ1v) is 6.94. The van der Waals surface area contributed by atoms with Gasteiger partial charge in [0.15, 0.2) is 0 Å². The van der Waals surface area contributed by atoms with Crippen LogP contribution in [0.15, 0.2) is 53.4 Å². The van der Waals surface area contributed by atoms with Crippen LogP contribution < -0.4 is 5.32 Å². The predicted octanol–water partition coefficient (Wildman–Crippen LogP) is 4.33. The van der Waals surface area contributed by atoms with Gasteiger partial charge in [-0.2, -0.15) is 0 Å². The number of benzene rings is 2. The molecular formula is C15H17NS. The molecule has 0 spiro atoms. The summed E-state index contributed by atoms with van der Waals surface area (Å²) in [5, 5.41) is 3.46. The maximum atomic E-state index is 3.46. The van der Waals surface area contributed by atoms with Crippen molar-refractivity contribution in [2.75, 3.05) is 11.6 Å². The molecule has 2 heteroatoms. The van der Waals surface area contributed by atoms with Crippen LogP contribution in [0.4, 0.5) is 5.69 Å². The molecule has 0 aliphatic rings. The van der Waals surface area contributed by atoms with Crippen molar-refractivity contribution in [1.29, 1.82) is 0 Å². The highest BCUT2D eigenvalue weighted by molar-refractivity contribution is 7.98. The number of aryl methyl sites for hydroxylation is 1. The van der Waals surface area contributed by atoms with Crippen molar-refractivity contribution in [3.05, 3.63) is 59.7 Å². The van der Waals surface area contributed by atoms with E-state index in [9.17, 15) is 0 Å². The van der Waals surface area contributed by atoms with Crippen LogP contribution in [-0.2, 0) is 6.54 Å². The van der Waals surface area contributed by atoms with Crippen LogP contribution >= 0.6 is 11.8 Å². The molecule has 0 amide bonds. The number of hydrogen-bond donors (Lipinski definition) is 1. The van der Waals surface area contributed by atoms with Crippen molar-refractivity contribution < 1.29 is 0 Å². The van der Waals surface area contributed by atoms with Crippen molar-refractivity contribution in [2.24, 2.45) is 0 Å². The molecule has 0 heterocycles. The summed E-state index contributed by atoms with van der Waals surface area (Å²) in [5.41, 5.74) is 3.86. The van der Waals surface area contributed by atoms with Crippen molar-refractivity contribution >= 4 is 17.4 Å². The molecule has 2 aromatic rings. The second-order valence-corrected chi connectivity index (χ2v) is 4.89. The van der Waals surface area contributed by atoms with E-state index in [1.807, 2.05) is 0 Å². The highest BCUT2D eigenvalue weighted by atomic mass is 32.2. The maximum Gasteiger partial charge on any atom is 0.0403 e. The van der Waals surface area contributed by atoms with E-state index in [0.717, 1.165) is 6.54 Å². The first-order valence-electron chi connectivity index (χ1n) is 5.72. The van der Waals surface area contributed by atoms with Crippen molar-refractivity contribution in [1.82, 2.24) is 0 Å². The number of hydrogen-bond acceptors (Lipinski definition) is 2. The van der Waals surface area contributed by atoms with Crippen LogP contribution in [0.2, 0.25) is 0 Å². The fourth-order valence-corrected chi connectivity index (χ4v) is 2.20. The Hall–Kier alpha value is -1.41. The number of nitrogens with one attached hydrogen (secondary N) is 1. The molecule has 88 valence electrons. The largest absolute Gasteiger partial charge is 0.381 e. The third-order valence-electron chi connectivity index (χ3n) is 2.81. The number of thioether (sulfide) groups is 1. The zero-order valence-corrected chi connectivity index (χ0v) is 11.1. The summed E-state index contributed by atoms with van der Waals surface area (Å²) in [6, 6.07) is 17.0. The Morgan fingerprint density at radius 2 is 1.88 bits per heavy atom. The van der Waals surface area contributed by atoms with E-state index >= 15 is 0 Å². The fraction of sp³-hybridized carbons (Fsp3) is 0.200. The van der Waals surface area contributed by atoms with Crippen molar-refractivity contribution in [2.45, 2.75) is 18.4 Å².